The molecule has 0 spiro atoms. The van der Waals surface area contributed by atoms with Gasteiger partial charge in [-0.1, -0.05) is 36.0 Å². The molecule has 1 atom stereocenters. The quantitative estimate of drug-likeness (QED) is 0.567. The Hall–Kier alpha value is -2.70. The molecule has 0 aliphatic heterocycles. The van der Waals surface area contributed by atoms with Crippen LogP contribution < -0.4 is 5.32 Å². The average Bonchev–Trinajstić information content (AvgIpc) is 3.09. The second kappa shape index (κ2) is 7.85. The van der Waals surface area contributed by atoms with E-state index in [2.05, 4.69) is 21.6 Å². The molecule has 0 saturated carbocycles. The zero-order valence-corrected chi connectivity index (χ0v) is 17.9. The standard InChI is InChI=1S/C20H17ClF3N5S/c1-11-8-15(21)12(2)17-16(11)27-29(28-17)10-19(3,9-25)26-18(30)13-4-6-14(7-5-13)20(22,23)24/h4-8H,10H2,1-3H3,(H,26,30). The van der Waals surface area contributed by atoms with Gasteiger partial charge in [0.1, 0.15) is 21.6 Å². The molecule has 0 fully saturated rings. The SMILES string of the molecule is Cc1cc(Cl)c(C)c2nn(CC(C)(C#N)NC(=S)c3ccc(C(F)(F)F)cc3)nc12. The summed E-state index contributed by atoms with van der Waals surface area (Å²) in [6, 6.07) is 8.38. The minimum atomic E-state index is -4.43. The Bertz CT molecular complexity index is 1160. The molecule has 0 bridgehead atoms. The number of alkyl halides is 3. The molecule has 1 aromatic heterocycles. The predicted octanol–water partition coefficient (Wildman–Crippen LogP) is 4.97. The molecule has 1 unspecified atom stereocenters. The van der Waals surface area contributed by atoms with Crippen molar-refractivity contribution < 1.29 is 13.2 Å². The van der Waals surface area contributed by atoms with E-state index in [0.29, 0.717) is 21.6 Å². The summed E-state index contributed by atoms with van der Waals surface area (Å²) in [5.74, 6) is 0. The summed E-state index contributed by atoms with van der Waals surface area (Å²) in [6.45, 7) is 5.39. The first-order valence-electron chi connectivity index (χ1n) is 8.85. The van der Waals surface area contributed by atoms with E-state index in [4.69, 9.17) is 23.8 Å². The predicted molar refractivity (Wildman–Crippen MR) is 112 cm³/mol. The van der Waals surface area contributed by atoms with E-state index in [9.17, 15) is 18.4 Å². The van der Waals surface area contributed by atoms with Crippen LogP contribution in [0.2, 0.25) is 5.02 Å². The number of benzene rings is 2. The van der Waals surface area contributed by atoms with Crippen molar-refractivity contribution in [1.29, 1.82) is 5.26 Å². The summed E-state index contributed by atoms with van der Waals surface area (Å²) in [5.41, 5.74) is 1.38. The second-order valence-electron chi connectivity index (χ2n) is 7.20. The van der Waals surface area contributed by atoms with E-state index in [-0.39, 0.29) is 11.5 Å². The van der Waals surface area contributed by atoms with Gasteiger partial charge in [-0.25, -0.2) is 0 Å². The number of thiocarbonyl (C=S) groups is 1. The highest BCUT2D eigenvalue weighted by Gasteiger charge is 2.31. The number of hydrogen-bond acceptors (Lipinski definition) is 4. The van der Waals surface area contributed by atoms with Gasteiger partial charge in [0.15, 0.2) is 0 Å². The first-order chi connectivity index (χ1) is 13.9. The Morgan fingerprint density at radius 3 is 2.37 bits per heavy atom. The van der Waals surface area contributed by atoms with Crippen LogP contribution in [0.4, 0.5) is 13.2 Å². The fraction of sp³-hybridized carbons (Fsp3) is 0.300. The molecule has 1 heterocycles. The van der Waals surface area contributed by atoms with Crippen LogP contribution in [0.25, 0.3) is 11.0 Å². The molecular formula is C20H17ClF3N5S. The fourth-order valence-corrected chi connectivity index (χ4v) is 3.55. The Labute approximate surface area is 181 Å². The van der Waals surface area contributed by atoms with Crippen molar-refractivity contribution >= 4 is 39.8 Å². The van der Waals surface area contributed by atoms with Crippen molar-refractivity contribution in [3.63, 3.8) is 0 Å². The zero-order valence-electron chi connectivity index (χ0n) is 16.3. The highest BCUT2D eigenvalue weighted by molar-refractivity contribution is 7.80. The smallest absolute Gasteiger partial charge is 0.357 e. The van der Waals surface area contributed by atoms with Crippen LogP contribution in [0.15, 0.2) is 30.3 Å². The Kier molecular flexibility index (Phi) is 5.76. The van der Waals surface area contributed by atoms with Crippen LogP contribution in [0, 0.1) is 25.2 Å². The lowest BCUT2D eigenvalue weighted by molar-refractivity contribution is -0.137. The molecule has 156 valence electrons. The Morgan fingerprint density at radius 2 is 1.80 bits per heavy atom. The maximum atomic E-state index is 12.7. The number of halogens is 4. The van der Waals surface area contributed by atoms with Gasteiger partial charge in [-0.2, -0.15) is 33.4 Å². The topological polar surface area (TPSA) is 66.5 Å². The molecule has 2 aromatic carbocycles. The monoisotopic (exact) mass is 451 g/mol. The third-order valence-corrected chi connectivity index (χ3v) is 5.38. The summed E-state index contributed by atoms with van der Waals surface area (Å²) >= 11 is 11.5. The number of nitriles is 1. The van der Waals surface area contributed by atoms with Crippen molar-refractivity contribution in [2.45, 2.75) is 39.0 Å². The van der Waals surface area contributed by atoms with Crippen LogP contribution in [-0.4, -0.2) is 25.5 Å². The number of nitrogens with zero attached hydrogens (tertiary/aromatic N) is 4. The van der Waals surface area contributed by atoms with Crippen molar-refractivity contribution in [2.75, 3.05) is 0 Å². The maximum absolute atomic E-state index is 12.7. The molecule has 3 aromatic rings. The Morgan fingerprint density at radius 1 is 1.20 bits per heavy atom. The van der Waals surface area contributed by atoms with Gasteiger partial charge < -0.3 is 5.32 Å². The molecular weight excluding hydrogens is 435 g/mol. The van der Waals surface area contributed by atoms with Crippen LogP contribution in [-0.2, 0) is 12.7 Å². The lowest BCUT2D eigenvalue weighted by atomic mass is 10.0. The summed E-state index contributed by atoms with van der Waals surface area (Å²) in [4.78, 5) is 1.55. The number of rotatable bonds is 4. The van der Waals surface area contributed by atoms with Crippen molar-refractivity contribution in [3.8, 4) is 6.07 Å². The van der Waals surface area contributed by atoms with E-state index in [0.717, 1.165) is 23.3 Å². The van der Waals surface area contributed by atoms with E-state index < -0.39 is 17.3 Å². The van der Waals surface area contributed by atoms with Crippen LogP contribution >= 0.6 is 23.8 Å². The van der Waals surface area contributed by atoms with Gasteiger partial charge in [0.05, 0.1) is 18.2 Å². The highest BCUT2D eigenvalue weighted by Crippen LogP contribution is 2.29. The third-order valence-electron chi connectivity index (χ3n) is 4.65. The third kappa shape index (κ3) is 4.40. The molecule has 1 N–H and O–H groups in total. The lowest BCUT2D eigenvalue weighted by Gasteiger charge is -2.24. The maximum Gasteiger partial charge on any atom is 0.416 e. The summed E-state index contributed by atoms with van der Waals surface area (Å²) in [5, 5.41) is 22.1. The molecule has 0 aliphatic carbocycles. The van der Waals surface area contributed by atoms with Gasteiger partial charge in [-0.05, 0) is 50.1 Å². The normalized spacial score (nSPS) is 13.7. The van der Waals surface area contributed by atoms with Gasteiger partial charge in [-0.15, -0.1) is 0 Å². The van der Waals surface area contributed by atoms with Gasteiger partial charge in [0.2, 0.25) is 0 Å². The van der Waals surface area contributed by atoms with Crippen molar-refractivity contribution in [1.82, 2.24) is 20.3 Å². The first-order valence-corrected chi connectivity index (χ1v) is 9.64. The molecule has 0 radical (unpaired) electrons. The fourth-order valence-electron chi connectivity index (χ4n) is 2.94. The molecule has 30 heavy (non-hydrogen) atoms. The van der Waals surface area contributed by atoms with Crippen LogP contribution in [0.3, 0.4) is 0 Å². The molecule has 3 rings (SSSR count). The minimum Gasteiger partial charge on any atom is -0.357 e. The number of nitrogens with one attached hydrogen (secondary N) is 1. The van der Waals surface area contributed by atoms with E-state index >= 15 is 0 Å². The van der Waals surface area contributed by atoms with Gasteiger partial charge in [0, 0.05) is 10.6 Å². The summed E-state index contributed by atoms with van der Waals surface area (Å²) in [6.07, 6.45) is -4.43. The largest absolute Gasteiger partial charge is 0.416 e. The molecule has 0 saturated heterocycles. The number of aromatic nitrogens is 3. The molecule has 0 aliphatic rings. The van der Waals surface area contributed by atoms with Crippen LogP contribution in [0.5, 0.6) is 0 Å². The number of hydrogen-bond donors (Lipinski definition) is 1. The first kappa shape index (κ1) is 22.0. The van der Waals surface area contributed by atoms with Gasteiger partial charge in [-0.3, -0.25) is 0 Å². The van der Waals surface area contributed by atoms with Gasteiger partial charge >= 0.3 is 6.18 Å². The molecule has 10 heteroatoms. The Balaban J connectivity index is 1.83. The van der Waals surface area contributed by atoms with E-state index in [1.165, 1.54) is 16.9 Å². The summed E-state index contributed by atoms with van der Waals surface area (Å²) < 4.78 is 38.2. The molecule has 5 nitrogen and oxygen atoms in total. The summed E-state index contributed by atoms with van der Waals surface area (Å²) in [7, 11) is 0. The highest BCUT2D eigenvalue weighted by atomic mass is 35.5. The minimum absolute atomic E-state index is 0.0649. The average molecular weight is 452 g/mol. The number of aryl methyl sites for hydroxylation is 2. The lowest BCUT2D eigenvalue weighted by Crippen LogP contribution is -2.48. The van der Waals surface area contributed by atoms with Crippen molar-refractivity contribution in [3.05, 3.63) is 57.6 Å². The number of fused-ring (bicyclic) bond motifs is 1. The van der Waals surface area contributed by atoms with Gasteiger partial charge in [0.25, 0.3) is 0 Å². The van der Waals surface area contributed by atoms with E-state index in [1.807, 2.05) is 13.8 Å². The zero-order chi connectivity index (χ0) is 22.3. The second-order valence-corrected chi connectivity index (χ2v) is 8.02. The van der Waals surface area contributed by atoms with E-state index in [1.54, 1.807) is 13.0 Å². The van der Waals surface area contributed by atoms with Crippen LogP contribution in [0.1, 0.15) is 29.2 Å². The molecule has 0 amide bonds. The van der Waals surface area contributed by atoms with Crippen molar-refractivity contribution in [2.24, 2.45) is 0 Å².